The Morgan fingerprint density at radius 3 is 2.28 bits per heavy atom. The van der Waals surface area contributed by atoms with Gasteiger partial charge in [-0.05, 0) is 36.8 Å². The van der Waals surface area contributed by atoms with Crippen LogP contribution in [0.5, 0.6) is 0 Å². The Balaban J connectivity index is 1.96. The first kappa shape index (κ1) is 12.2. The predicted octanol–water partition coefficient (Wildman–Crippen LogP) is 2.76. The number of carbonyl (C=O) groups is 1. The van der Waals surface area contributed by atoms with Gasteiger partial charge >= 0.3 is 0 Å². The molecule has 0 aliphatic heterocycles. The molecule has 0 fully saturated rings. The predicted molar refractivity (Wildman–Crippen MR) is 74.4 cm³/mol. The zero-order valence-electron chi connectivity index (χ0n) is 10.3. The fraction of sp³-hybridized carbons (Fsp3) is 0.133. The van der Waals surface area contributed by atoms with Gasteiger partial charge in [0.05, 0.1) is 6.42 Å². The number of nitrogens with two attached hydrogens (primary N) is 1. The first-order chi connectivity index (χ1) is 8.63. The van der Waals surface area contributed by atoms with E-state index in [1.54, 1.807) is 24.3 Å². The fourth-order valence-electron chi connectivity index (χ4n) is 1.66. The standard InChI is InChI=1S/C15H16N2O/c1-11-2-4-12(5-3-11)10-15(18)17-14-8-6-13(16)7-9-14/h2-9H,10,16H2,1H3,(H,17,18). The lowest BCUT2D eigenvalue weighted by atomic mass is 10.1. The van der Waals surface area contributed by atoms with Crippen LogP contribution in [0.3, 0.4) is 0 Å². The SMILES string of the molecule is Cc1ccc(CC(=O)Nc2ccc(N)cc2)cc1. The summed E-state index contributed by atoms with van der Waals surface area (Å²) in [5.41, 5.74) is 9.23. The lowest BCUT2D eigenvalue weighted by Gasteiger charge is -2.06. The van der Waals surface area contributed by atoms with Crippen molar-refractivity contribution in [3.8, 4) is 0 Å². The molecule has 3 nitrogen and oxygen atoms in total. The summed E-state index contributed by atoms with van der Waals surface area (Å²) in [7, 11) is 0. The third kappa shape index (κ3) is 3.35. The molecule has 0 saturated heterocycles. The molecule has 0 bridgehead atoms. The van der Waals surface area contributed by atoms with Crippen LogP contribution in [0.4, 0.5) is 11.4 Å². The number of rotatable bonds is 3. The molecular weight excluding hydrogens is 224 g/mol. The third-order valence-electron chi connectivity index (χ3n) is 2.68. The summed E-state index contributed by atoms with van der Waals surface area (Å²) in [4.78, 5) is 11.8. The van der Waals surface area contributed by atoms with Crippen molar-refractivity contribution >= 4 is 17.3 Å². The van der Waals surface area contributed by atoms with Crippen LogP contribution < -0.4 is 11.1 Å². The van der Waals surface area contributed by atoms with Crippen LogP contribution in [0.25, 0.3) is 0 Å². The molecule has 0 unspecified atom stereocenters. The van der Waals surface area contributed by atoms with Gasteiger partial charge in [0, 0.05) is 11.4 Å². The number of aryl methyl sites for hydroxylation is 1. The van der Waals surface area contributed by atoms with Crippen molar-refractivity contribution in [2.45, 2.75) is 13.3 Å². The number of benzene rings is 2. The van der Waals surface area contributed by atoms with Crippen molar-refractivity contribution in [3.63, 3.8) is 0 Å². The average molecular weight is 240 g/mol. The molecule has 2 rings (SSSR count). The monoisotopic (exact) mass is 240 g/mol. The highest BCUT2D eigenvalue weighted by Gasteiger charge is 2.03. The molecular formula is C15H16N2O. The molecule has 0 aromatic heterocycles. The van der Waals surface area contributed by atoms with Gasteiger partial charge in [0.15, 0.2) is 0 Å². The Bertz CT molecular complexity index is 480. The summed E-state index contributed by atoms with van der Waals surface area (Å²) < 4.78 is 0. The number of nitrogens with one attached hydrogen (secondary N) is 1. The van der Waals surface area contributed by atoms with Gasteiger partial charge < -0.3 is 11.1 Å². The molecule has 0 saturated carbocycles. The van der Waals surface area contributed by atoms with Crippen LogP contribution in [-0.4, -0.2) is 5.91 Å². The number of anilines is 2. The Labute approximate surface area is 107 Å². The first-order valence-corrected chi connectivity index (χ1v) is 5.84. The molecule has 0 heterocycles. The number of hydrogen-bond donors (Lipinski definition) is 2. The van der Waals surface area contributed by atoms with Crippen LogP contribution in [0.1, 0.15) is 11.1 Å². The maximum Gasteiger partial charge on any atom is 0.228 e. The highest BCUT2D eigenvalue weighted by molar-refractivity contribution is 5.92. The van der Waals surface area contributed by atoms with Gasteiger partial charge in [-0.2, -0.15) is 0 Å². The fourth-order valence-corrected chi connectivity index (χ4v) is 1.66. The van der Waals surface area contributed by atoms with E-state index >= 15 is 0 Å². The van der Waals surface area contributed by atoms with Crippen molar-refractivity contribution in [2.24, 2.45) is 0 Å². The Hall–Kier alpha value is -2.29. The maximum absolute atomic E-state index is 11.8. The molecule has 2 aromatic carbocycles. The summed E-state index contributed by atoms with van der Waals surface area (Å²) >= 11 is 0. The van der Waals surface area contributed by atoms with Crippen molar-refractivity contribution in [2.75, 3.05) is 11.1 Å². The van der Waals surface area contributed by atoms with E-state index in [0.29, 0.717) is 12.1 Å². The third-order valence-corrected chi connectivity index (χ3v) is 2.68. The van der Waals surface area contributed by atoms with Gasteiger partial charge in [-0.1, -0.05) is 29.8 Å². The van der Waals surface area contributed by atoms with Crippen LogP contribution in [0, 0.1) is 6.92 Å². The largest absolute Gasteiger partial charge is 0.399 e. The van der Waals surface area contributed by atoms with Gasteiger partial charge in [0.25, 0.3) is 0 Å². The van der Waals surface area contributed by atoms with Crippen molar-refractivity contribution in [1.29, 1.82) is 0 Å². The van der Waals surface area contributed by atoms with Crippen LogP contribution in [0.2, 0.25) is 0 Å². The summed E-state index contributed by atoms with van der Waals surface area (Å²) in [6.45, 7) is 2.03. The maximum atomic E-state index is 11.8. The van der Waals surface area contributed by atoms with Crippen molar-refractivity contribution in [1.82, 2.24) is 0 Å². The smallest absolute Gasteiger partial charge is 0.228 e. The average Bonchev–Trinajstić information content (AvgIpc) is 2.35. The highest BCUT2D eigenvalue weighted by Crippen LogP contribution is 2.11. The molecule has 0 spiro atoms. The highest BCUT2D eigenvalue weighted by atomic mass is 16.1. The van der Waals surface area contributed by atoms with E-state index in [0.717, 1.165) is 11.3 Å². The molecule has 0 radical (unpaired) electrons. The van der Waals surface area contributed by atoms with E-state index in [4.69, 9.17) is 5.73 Å². The topological polar surface area (TPSA) is 55.1 Å². The number of nitrogen functional groups attached to an aromatic ring is 1. The zero-order valence-corrected chi connectivity index (χ0v) is 10.3. The number of hydrogen-bond acceptors (Lipinski definition) is 2. The number of carbonyl (C=O) groups excluding carboxylic acids is 1. The summed E-state index contributed by atoms with van der Waals surface area (Å²) in [5, 5.41) is 2.84. The minimum Gasteiger partial charge on any atom is -0.399 e. The van der Waals surface area contributed by atoms with Gasteiger partial charge in [0.2, 0.25) is 5.91 Å². The molecule has 0 aliphatic carbocycles. The van der Waals surface area contributed by atoms with E-state index in [-0.39, 0.29) is 5.91 Å². The Morgan fingerprint density at radius 1 is 1.06 bits per heavy atom. The second-order valence-electron chi connectivity index (χ2n) is 4.33. The molecule has 3 heteroatoms. The van der Waals surface area contributed by atoms with Gasteiger partial charge in [-0.25, -0.2) is 0 Å². The van der Waals surface area contributed by atoms with E-state index in [1.807, 2.05) is 31.2 Å². The summed E-state index contributed by atoms with van der Waals surface area (Å²) in [5.74, 6) is -0.0244. The molecule has 92 valence electrons. The summed E-state index contributed by atoms with van der Waals surface area (Å²) in [6, 6.07) is 15.1. The number of amides is 1. The van der Waals surface area contributed by atoms with Crippen LogP contribution in [0.15, 0.2) is 48.5 Å². The molecule has 2 aromatic rings. The zero-order chi connectivity index (χ0) is 13.0. The van der Waals surface area contributed by atoms with Gasteiger partial charge in [-0.3, -0.25) is 4.79 Å². The molecule has 18 heavy (non-hydrogen) atoms. The van der Waals surface area contributed by atoms with Crippen LogP contribution >= 0.6 is 0 Å². The normalized spacial score (nSPS) is 10.1. The summed E-state index contributed by atoms with van der Waals surface area (Å²) in [6.07, 6.45) is 0.380. The lowest BCUT2D eigenvalue weighted by molar-refractivity contribution is -0.115. The van der Waals surface area contributed by atoms with Crippen LogP contribution in [-0.2, 0) is 11.2 Å². The van der Waals surface area contributed by atoms with Gasteiger partial charge in [-0.15, -0.1) is 0 Å². The first-order valence-electron chi connectivity index (χ1n) is 5.84. The van der Waals surface area contributed by atoms with Gasteiger partial charge in [0.1, 0.15) is 0 Å². The van der Waals surface area contributed by atoms with E-state index < -0.39 is 0 Å². The minimum atomic E-state index is -0.0244. The van der Waals surface area contributed by atoms with Crippen molar-refractivity contribution in [3.05, 3.63) is 59.7 Å². The lowest BCUT2D eigenvalue weighted by Crippen LogP contribution is -2.14. The minimum absolute atomic E-state index is 0.0244. The molecule has 1 amide bonds. The molecule has 0 atom stereocenters. The molecule has 3 N–H and O–H groups in total. The van der Waals surface area contributed by atoms with Crippen molar-refractivity contribution < 1.29 is 4.79 Å². The van der Waals surface area contributed by atoms with E-state index in [1.165, 1.54) is 5.56 Å². The Kier molecular flexibility index (Phi) is 3.63. The molecule has 0 aliphatic rings. The second-order valence-corrected chi connectivity index (χ2v) is 4.33. The van der Waals surface area contributed by atoms with E-state index in [2.05, 4.69) is 5.32 Å². The quantitative estimate of drug-likeness (QED) is 0.810. The Morgan fingerprint density at radius 2 is 1.67 bits per heavy atom. The second kappa shape index (κ2) is 5.36. The van der Waals surface area contributed by atoms with E-state index in [9.17, 15) is 4.79 Å².